The van der Waals surface area contributed by atoms with E-state index in [1.54, 1.807) is 42.5 Å². The maximum Gasteiger partial charge on any atom is 0.266 e. The molecule has 2 amide bonds. The number of ether oxygens (including phenoxy) is 3. The standard InChI is InChI=1S/C27H24ClN3O5/c1-17-8-4-5-9-21(17)31-27(33)19(15-29)12-18-13-20(28)26(24(14-18)35-3)36-16-25(32)30-22-10-6-7-11-23(22)34-2/h4-14H,16H2,1-3H3,(H,30,32)(H,31,33)/b19-12-. The van der Waals surface area contributed by atoms with Gasteiger partial charge in [0.25, 0.3) is 11.8 Å². The number of amides is 2. The van der Waals surface area contributed by atoms with Crippen molar-refractivity contribution in [1.29, 1.82) is 5.26 Å². The number of para-hydroxylation sites is 3. The highest BCUT2D eigenvalue weighted by molar-refractivity contribution is 6.32. The predicted molar refractivity (Wildman–Crippen MR) is 139 cm³/mol. The highest BCUT2D eigenvalue weighted by Crippen LogP contribution is 2.37. The third-order valence-electron chi connectivity index (χ3n) is 5.05. The number of nitrogens with one attached hydrogen (secondary N) is 2. The number of nitriles is 1. The van der Waals surface area contributed by atoms with Crippen molar-refractivity contribution in [3.8, 4) is 23.3 Å². The van der Waals surface area contributed by atoms with E-state index in [0.29, 0.717) is 22.7 Å². The maximum absolute atomic E-state index is 12.6. The minimum Gasteiger partial charge on any atom is -0.495 e. The molecule has 0 aliphatic rings. The second kappa shape index (κ2) is 12.3. The van der Waals surface area contributed by atoms with Crippen LogP contribution in [0.25, 0.3) is 6.08 Å². The second-order valence-corrected chi connectivity index (χ2v) is 7.92. The molecule has 0 aliphatic carbocycles. The maximum atomic E-state index is 12.6. The highest BCUT2D eigenvalue weighted by atomic mass is 35.5. The third kappa shape index (κ3) is 6.56. The molecule has 9 heteroatoms. The third-order valence-corrected chi connectivity index (χ3v) is 5.33. The molecule has 184 valence electrons. The Labute approximate surface area is 214 Å². The topological polar surface area (TPSA) is 110 Å². The van der Waals surface area contributed by atoms with Gasteiger partial charge in [-0.05, 0) is 54.5 Å². The van der Waals surface area contributed by atoms with Crippen molar-refractivity contribution < 1.29 is 23.8 Å². The molecule has 0 fully saturated rings. The number of hydrogen-bond acceptors (Lipinski definition) is 6. The fourth-order valence-corrected chi connectivity index (χ4v) is 3.53. The summed E-state index contributed by atoms with van der Waals surface area (Å²) in [4.78, 5) is 25.0. The number of anilines is 2. The number of benzene rings is 3. The molecule has 8 nitrogen and oxygen atoms in total. The van der Waals surface area contributed by atoms with E-state index < -0.39 is 11.8 Å². The van der Waals surface area contributed by atoms with Gasteiger partial charge in [-0.2, -0.15) is 5.26 Å². The van der Waals surface area contributed by atoms with Gasteiger partial charge in [-0.1, -0.05) is 41.9 Å². The second-order valence-electron chi connectivity index (χ2n) is 7.51. The minimum absolute atomic E-state index is 0.124. The van der Waals surface area contributed by atoms with Crippen molar-refractivity contribution in [1.82, 2.24) is 0 Å². The summed E-state index contributed by atoms with van der Waals surface area (Å²) in [5.41, 5.74) is 2.29. The Hall–Kier alpha value is -4.48. The number of carbonyl (C=O) groups is 2. The SMILES string of the molecule is COc1ccccc1NC(=O)COc1c(Cl)cc(/C=C(/C#N)C(=O)Nc2ccccc2C)cc1OC. The molecule has 0 bridgehead atoms. The Morgan fingerprint density at radius 2 is 1.64 bits per heavy atom. The van der Waals surface area contributed by atoms with Crippen molar-refractivity contribution in [3.05, 3.63) is 82.4 Å². The number of methoxy groups -OCH3 is 2. The van der Waals surface area contributed by atoms with Crippen molar-refractivity contribution in [2.45, 2.75) is 6.92 Å². The minimum atomic E-state index is -0.560. The van der Waals surface area contributed by atoms with Crippen molar-refractivity contribution in [3.63, 3.8) is 0 Å². The van der Waals surface area contributed by atoms with Gasteiger partial charge in [0.1, 0.15) is 17.4 Å². The van der Waals surface area contributed by atoms with E-state index in [9.17, 15) is 14.9 Å². The normalized spacial score (nSPS) is 10.7. The van der Waals surface area contributed by atoms with Crippen LogP contribution in [0.4, 0.5) is 11.4 Å². The van der Waals surface area contributed by atoms with Crippen molar-refractivity contribution in [2.75, 3.05) is 31.5 Å². The molecule has 3 aromatic rings. The Morgan fingerprint density at radius 3 is 2.31 bits per heavy atom. The number of halogens is 1. The lowest BCUT2D eigenvalue weighted by Crippen LogP contribution is -2.20. The van der Waals surface area contributed by atoms with Gasteiger partial charge >= 0.3 is 0 Å². The average Bonchev–Trinajstić information content (AvgIpc) is 2.87. The molecule has 0 saturated carbocycles. The van der Waals surface area contributed by atoms with Crippen LogP contribution >= 0.6 is 11.6 Å². The van der Waals surface area contributed by atoms with Crippen molar-refractivity contribution in [2.24, 2.45) is 0 Å². The van der Waals surface area contributed by atoms with Crippen LogP contribution in [0.15, 0.2) is 66.2 Å². The molecule has 3 aromatic carbocycles. The van der Waals surface area contributed by atoms with Crippen LogP contribution in [-0.4, -0.2) is 32.6 Å². The quantitative estimate of drug-likeness (QED) is 0.304. The van der Waals surface area contributed by atoms with Gasteiger partial charge in [0.05, 0.1) is 24.9 Å². The van der Waals surface area contributed by atoms with E-state index in [4.69, 9.17) is 25.8 Å². The van der Waals surface area contributed by atoms with Gasteiger partial charge in [-0.3, -0.25) is 9.59 Å². The summed E-state index contributed by atoms with van der Waals surface area (Å²) in [5, 5.41) is 15.1. The zero-order chi connectivity index (χ0) is 26.1. The molecule has 0 heterocycles. The van der Waals surface area contributed by atoms with Crippen molar-refractivity contribution >= 4 is 40.9 Å². The summed E-state index contributed by atoms with van der Waals surface area (Å²) in [6, 6.07) is 19.2. The first-order valence-corrected chi connectivity index (χ1v) is 11.2. The lowest BCUT2D eigenvalue weighted by Gasteiger charge is -2.14. The van der Waals surface area contributed by atoms with Gasteiger partial charge in [0.2, 0.25) is 0 Å². The van der Waals surface area contributed by atoms with E-state index in [2.05, 4.69) is 10.6 Å². The number of nitrogens with zero attached hydrogens (tertiary/aromatic N) is 1. The molecule has 0 spiro atoms. The van der Waals surface area contributed by atoms with Crippen LogP contribution < -0.4 is 24.8 Å². The number of hydrogen-bond donors (Lipinski definition) is 2. The number of carbonyl (C=O) groups excluding carboxylic acids is 2. The van der Waals surface area contributed by atoms with Crippen LogP contribution in [0.2, 0.25) is 5.02 Å². The Bertz CT molecular complexity index is 1350. The zero-order valence-corrected chi connectivity index (χ0v) is 20.7. The zero-order valence-electron chi connectivity index (χ0n) is 19.9. The first-order valence-electron chi connectivity index (χ1n) is 10.8. The van der Waals surface area contributed by atoms with Gasteiger partial charge in [-0.15, -0.1) is 0 Å². The Balaban J connectivity index is 1.75. The van der Waals surface area contributed by atoms with Crippen LogP contribution in [0.3, 0.4) is 0 Å². The molecule has 36 heavy (non-hydrogen) atoms. The number of aryl methyl sites for hydroxylation is 1. The summed E-state index contributed by atoms with van der Waals surface area (Å²) in [6.45, 7) is 1.51. The van der Waals surface area contributed by atoms with E-state index >= 15 is 0 Å². The van der Waals surface area contributed by atoms with Gasteiger partial charge in [0, 0.05) is 5.69 Å². The summed E-state index contributed by atoms with van der Waals surface area (Å²) >= 11 is 6.39. The molecule has 0 aromatic heterocycles. The van der Waals surface area contributed by atoms with Crippen LogP contribution in [-0.2, 0) is 9.59 Å². The summed E-state index contributed by atoms with van der Waals surface area (Å²) in [6.07, 6.45) is 1.39. The first kappa shape index (κ1) is 26.1. The lowest BCUT2D eigenvalue weighted by molar-refractivity contribution is -0.118. The predicted octanol–water partition coefficient (Wildman–Crippen LogP) is 5.23. The lowest BCUT2D eigenvalue weighted by atomic mass is 10.1. The van der Waals surface area contributed by atoms with E-state index in [0.717, 1.165) is 5.56 Å². The molecular weight excluding hydrogens is 482 g/mol. The molecule has 0 radical (unpaired) electrons. The molecule has 2 N–H and O–H groups in total. The van der Waals surface area contributed by atoms with Crippen LogP contribution in [0.5, 0.6) is 17.2 Å². The summed E-state index contributed by atoms with van der Waals surface area (Å²) < 4.78 is 16.2. The van der Waals surface area contributed by atoms with Crippen LogP contribution in [0.1, 0.15) is 11.1 Å². The summed E-state index contributed by atoms with van der Waals surface area (Å²) in [7, 11) is 2.92. The highest BCUT2D eigenvalue weighted by Gasteiger charge is 2.16. The Morgan fingerprint density at radius 1 is 0.972 bits per heavy atom. The van der Waals surface area contributed by atoms with Gasteiger partial charge < -0.3 is 24.8 Å². The molecule has 0 saturated heterocycles. The first-order chi connectivity index (χ1) is 17.4. The molecule has 0 unspecified atom stereocenters. The molecule has 3 rings (SSSR count). The van der Waals surface area contributed by atoms with E-state index in [1.165, 1.54) is 26.4 Å². The largest absolute Gasteiger partial charge is 0.495 e. The van der Waals surface area contributed by atoms with Crippen LogP contribution in [0, 0.1) is 18.3 Å². The van der Waals surface area contributed by atoms with E-state index in [-0.39, 0.29) is 28.7 Å². The average molecular weight is 506 g/mol. The fraction of sp³-hybridized carbons (Fsp3) is 0.148. The molecule has 0 atom stereocenters. The van der Waals surface area contributed by atoms with Gasteiger partial charge in [0.15, 0.2) is 18.1 Å². The van der Waals surface area contributed by atoms with E-state index in [1.807, 2.05) is 25.1 Å². The Kier molecular flexibility index (Phi) is 8.92. The summed E-state index contributed by atoms with van der Waals surface area (Å²) in [5.74, 6) is -0.0985. The van der Waals surface area contributed by atoms with Gasteiger partial charge in [-0.25, -0.2) is 0 Å². The molecule has 0 aliphatic heterocycles. The number of rotatable bonds is 9. The molecular formula is C27H24ClN3O5. The fourth-order valence-electron chi connectivity index (χ4n) is 3.25. The smallest absolute Gasteiger partial charge is 0.266 e. The monoisotopic (exact) mass is 505 g/mol.